The van der Waals surface area contributed by atoms with Crippen LogP contribution in [0.5, 0.6) is 11.5 Å². The second-order valence-corrected chi connectivity index (χ2v) is 11.5. The number of aryl methyl sites for hydroxylation is 1. The smallest absolute Gasteiger partial charge is 0.255 e. The highest BCUT2D eigenvalue weighted by Gasteiger charge is 2.56. The SMILES string of the molecule is O=C1c2ccccc2C2(c3ccc4c(c3Oc3c2ccc2c3CCCN2)CCCN4)N1CCCCc1ccc[nH]1. The second kappa shape index (κ2) is 9.19. The molecule has 3 aromatic carbocycles. The first-order valence-electron chi connectivity index (χ1n) is 14.8. The summed E-state index contributed by atoms with van der Waals surface area (Å²) in [6.07, 6.45) is 8.96. The van der Waals surface area contributed by atoms with Crippen LogP contribution in [0.25, 0.3) is 0 Å². The Morgan fingerprint density at radius 2 is 1.48 bits per heavy atom. The van der Waals surface area contributed by atoms with Gasteiger partial charge in [0.05, 0.1) is 0 Å². The first-order valence-corrected chi connectivity index (χ1v) is 14.8. The van der Waals surface area contributed by atoms with E-state index >= 15 is 0 Å². The van der Waals surface area contributed by atoms with Crippen molar-refractivity contribution in [1.82, 2.24) is 9.88 Å². The van der Waals surface area contributed by atoms with Crippen LogP contribution in [0.4, 0.5) is 11.4 Å². The molecule has 0 saturated carbocycles. The fourth-order valence-electron chi connectivity index (χ4n) is 7.50. The molecule has 40 heavy (non-hydrogen) atoms. The molecule has 3 N–H and O–H groups in total. The first-order chi connectivity index (χ1) is 19.8. The molecular weight excluding hydrogens is 496 g/mol. The summed E-state index contributed by atoms with van der Waals surface area (Å²) in [4.78, 5) is 19.8. The Kier molecular flexibility index (Phi) is 5.44. The van der Waals surface area contributed by atoms with Gasteiger partial charge in [-0.3, -0.25) is 4.79 Å². The van der Waals surface area contributed by atoms with Crippen molar-refractivity contribution in [3.8, 4) is 11.5 Å². The number of aromatic amines is 1. The number of rotatable bonds is 5. The molecule has 0 aliphatic carbocycles. The summed E-state index contributed by atoms with van der Waals surface area (Å²) in [5.74, 6) is 2.00. The molecule has 8 rings (SSSR count). The Bertz CT molecular complexity index is 1560. The van der Waals surface area contributed by atoms with Gasteiger partial charge >= 0.3 is 0 Å². The number of benzene rings is 3. The van der Waals surface area contributed by atoms with Crippen molar-refractivity contribution in [2.75, 3.05) is 30.3 Å². The van der Waals surface area contributed by atoms with Gasteiger partial charge in [-0.15, -0.1) is 0 Å². The van der Waals surface area contributed by atoms with Crippen LogP contribution in [0, 0.1) is 0 Å². The third-order valence-corrected chi connectivity index (χ3v) is 9.28. The number of carbonyl (C=O) groups excluding carboxylic acids is 1. The molecule has 5 heterocycles. The van der Waals surface area contributed by atoms with Crippen LogP contribution in [0.1, 0.15) is 69.6 Å². The van der Waals surface area contributed by atoms with Crippen molar-refractivity contribution in [3.05, 3.63) is 106 Å². The fraction of sp³-hybridized carbons (Fsp3) is 0.324. The van der Waals surface area contributed by atoms with E-state index in [0.717, 1.165) is 103 Å². The number of fused-ring (bicyclic) bond motifs is 10. The topological polar surface area (TPSA) is 69.4 Å². The molecule has 4 aliphatic heterocycles. The van der Waals surface area contributed by atoms with Gasteiger partial charge in [-0.1, -0.05) is 30.3 Å². The molecule has 1 amide bonds. The van der Waals surface area contributed by atoms with Crippen molar-refractivity contribution in [2.45, 2.75) is 50.5 Å². The summed E-state index contributed by atoms with van der Waals surface area (Å²) in [5, 5.41) is 7.19. The van der Waals surface area contributed by atoms with Crippen molar-refractivity contribution < 1.29 is 9.53 Å². The Hall–Kier alpha value is -4.19. The van der Waals surface area contributed by atoms with Crippen LogP contribution in [0.3, 0.4) is 0 Å². The molecule has 0 fully saturated rings. The molecule has 1 aromatic heterocycles. The van der Waals surface area contributed by atoms with E-state index in [0.29, 0.717) is 6.54 Å². The maximum absolute atomic E-state index is 14.3. The number of unbranched alkanes of at least 4 members (excludes halogenated alkanes) is 1. The zero-order valence-electron chi connectivity index (χ0n) is 22.7. The molecule has 4 aromatic rings. The highest BCUT2D eigenvalue weighted by molar-refractivity contribution is 6.02. The largest absolute Gasteiger partial charge is 0.456 e. The number of nitrogens with zero attached hydrogens (tertiary/aromatic N) is 1. The number of H-pyrrole nitrogens is 1. The van der Waals surface area contributed by atoms with Gasteiger partial charge in [0, 0.05) is 70.7 Å². The second-order valence-electron chi connectivity index (χ2n) is 11.5. The molecule has 0 unspecified atom stereocenters. The van der Waals surface area contributed by atoms with Gasteiger partial charge in [-0.05, 0) is 80.8 Å². The molecule has 1 spiro atoms. The molecular formula is C34H34N4O2. The number of ether oxygens (including phenoxy) is 1. The number of amides is 1. The van der Waals surface area contributed by atoms with Crippen molar-refractivity contribution in [1.29, 1.82) is 0 Å². The van der Waals surface area contributed by atoms with E-state index in [1.165, 1.54) is 16.8 Å². The maximum atomic E-state index is 14.3. The molecule has 4 aliphatic rings. The van der Waals surface area contributed by atoms with Crippen molar-refractivity contribution in [2.24, 2.45) is 0 Å². The first kappa shape index (κ1) is 23.7. The number of hydrogen-bond acceptors (Lipinski definition) is 4. The van der Waals surface area contributed by atoms with Crippen molar-refractivity contribution >= 4 is 17.3 Å². The third kappa shape index (κ3) is 3.31. The van der Waals surface area contributed by atoms with E-state index in [-0.39, 0.29) is 5.91 Å². The number of aromatic nitrogens is 1. The zero-order valence-corrected chi connectivity index (χ0v) is 22.7. The maximum Gasteiger partial charge on any atom is 0.255 e. The monoisotopic (exact) mass is 530 g/mol. The van der Waals surface area contributed by atoms with Gasteiger partial charge in [0.25, 0.3) is 5.91 Å². The predicted octanol–water partition coefficient (Wildman–Crippen LogP) is 6.61. The minimum absolute atomic E-state index is 0.112. The van der Waals surface area contributed by atoms with Gasteiger partial charge < -0.3 is 25.3 Å². The minimum Gasteiger partial charge on any atom is -0.456 e. The van der Waals surface area contributed by atoms with Gasteiger partial charge in [-0.2, -0.15) is 0 Å². The van der Waals surface area contributed by atoms with E-state index in [9.17, 15) is 4.79 Å². The van der Waals surface area contributed by atoms with Gasteiger partial charge in [0.2, 0.25) is 0 Å². The molecule has 202 valence electrons. The molecule has 0 saturated heterocycles. The molecule has 0 radical (unpaired) electrons. The third-order valence-electron chi connectivity index (χ3n) is 9.28. The molecule has 0 atom stereocenters. The summed E-state index contributed by atoms with van der Waals surface area (Å²) in [6.45, 7) is 2.62. The van der Waals surface area contributed by atoms with Gasteiger partial charge in [0.1, 0.15) is 17.0 Å². The predicted molar refractivity (Wildman–Crippen MR) is 158 cm³/mol. The van der Waals surface area contributed by atoms with Crippen LogP contribution in [0.2, 0.25) is 0 Å². The number of nitrogens with one attached hydrogen (secondary N) is 3. The summed E-state index contributed by atoms with van der Waals surface area (Å²) in [7, 11) is 0. The van der Waals surface area contributed by atoms with Gasteiger partial charge in [0.15, 0.2) is 0 Å². The van der Waals surface area contributed by atoms with E-state index in [1.54, 1.807) is 0 Å². The summed E-state index contributed by atoms with van der Waals surface area (Å²) in [6, 6.07) is 21.3. The lowest BCUT2D eigenvalue weighted by Crippen LogP contribution is -2.48. The number of hydrogen-bond donors (Lipinski definition) is 3. The summed E-state index contributed by atoms with van der Waals surface area (Å²) < 4.78 is 7.01. The highest BCUT2D eigenvalue weighted by Crippen LogP contribution is 2.60. The Balaban J connectivity index is 1.34. The number of anilines is 2. The average Bonchev–Trinajstić information content (AvgIpc) is 3.61. The fourth-order valence-corrected chi connectivity index (χ4v) is 7.50. The van der Waals surface area contributed by atoms with Crippen LogP contribution in [0.15, 0.2) is 66.9 Å². The number of carbonyl (C=O) groups is 1. The van der Waals surface area contributed by atoms with Crippen LogP contribution in [-0.4, -0.2) is 35.4 Å². The summed E-state index contributed by atoms with van der Waals surface area (Å²) in [5.41, 5.74) is 9.36. The van der Waals surface area contributed by atoms with E-state index < -0.39 is 5.54 Å². The van der Waals surface area contributed by atoms with Crippen molar-refractivity contribution in [3.63, 3.8) is 0 Å². The standard InChI is InChI=1S/C34H34N4O2/c39-33-23-10-1-2-13-26(23)34(38(33)21-4-3-8-22-9-5-18-35-22)27-14-16-29-24(11-6-19-36-29)31(27)40-32-25-12-7-20-37-30(25)17-15-28(32)34/h1-2,5,9-10,13-18,35-37H,3-4,6-8,11-12,19-21H2. The van der Waals surface area contributed by atoms with Crippen LogP contribution >= 0.6 is 0 Å². The van der Waals surface area contributed by atoms with E-state index in [2.05, 4.69) is 63.0 Å². The minimum atomic E-state index is -0.720. The lowest BCUT2D eigenvalue weighted by Gasteiger charge is -2.46. The van der Waals surface area contributed by atoms with E-state index in [4.69, 9.17) is 4.74 Å². The lowest BCUT2D eigenvalue weighted by atomic mass is 9.72. The normalized spacial score (nSPS) is 17.6. The van der Waals surface area contributed by atoms with Gasteiger partial charge in [-0.25, -0.2) is 0 Å². The Morgan fingerprint density at radius 3 is 2.15 bits per heavy atom. The molecule has 6 heteroatoms. The van der Waals surface area contributed by atoms with Crippen LogP contribution < -0.4 is 15.4 Å². The summed E-state index contributed by atoms with van der Waals surface area (Å²) >= 11 is 0. The average molecular weight is 531 g/mol. The lowest BCUT2D eigenvalue weighted by molar-refractivity contribution is 0.0660. The van der Waals surface area contributed by atoms with Crippen LogP contribution in [-0.2, 0) is 24.8 Å². The van der Waals surface area contributed by atoms with E-state index in [1.807, 2.05) is 24.4 Å². The Labute approximate surface area is 234 Å². The zero-order chi connectivity index (χ0) is 26.7. The molecule has 0 bridgehead atoms. The highest BCUT2D eigenvalue weighted by atomic mass is 16.5. The Morgan fingerprint density at radius 1 is 0.775 bits per heavy atom. The quantitative estimate of drug-likeness (QED) is 0.254. The molecule has 6 nitrogen and oxygen atoms in total.